The number of nitrogens with one attached hydrogen (secondary N) is 1. The number of aliphatic hydroxyl groups is 2. The number of rotatable bonds is 13. The van der Waals surface area contributed by atoms with Crippen molar-refractivity contribution in [2.75, 3.05) is 11.9 Å². The van der Waals surface area contributed by atoms with Crippen molar-refractivity contribution in [3.8, 4) is 0 Å². The number of aliphatic hydroxyl groups excluding tert-OH is 1. The van der Waals surface area contributed by atoms with Gasteiger partial charge in [0.25, 0.3) is 0 Å². The monoisotopic (exact) mass is 407 g/mol. The van der Waals surface area contributed by atoms with Crippen molar-refractivity contribution in [1.29, 1.82) is 0 Å². The molecule has 1 amide bonds. The van der Waals surface area contributed by atoms with Crippen LogP contribution in [0.4, 0.5) is 5.69 Å². The van der Waals surface area contributed by atoms with E-state index in [4.69, 9.17) is 0 Å². The Kier molecular flexibility index (Phi) is 9.48. The Morgan fingerprint density at radius 1 is 1.11 bits per heavy atom. The predicted octanol–water partition coefficient (Wildman–Crippen LogP) is 4.31. The van der Waals surface area contributed by atoms with E-state index in [1.165, 1.54) is 43.9 Å². The van der Waals surface area contributed by atoms with Crippen molar-refractivity contribution in [3.05, 3.63) is 24.3 Å². The highest BCUT2D eigenvalue weighted by Gasteiger charge is 2.38. The predicted molar refractivity (Wildman–Crippen MR) is 114 cm³/mol. The third kappa shape index (κ3) is 6.61. The SMILES string of the molecule is CCCCCCCCCCC(O)(CO)C(=O)CC1Sc2ccccc2NC1=O. The zero-order chi connectivity index (χ0) is 20.4. The summed E-state index contributed by atoms with van der Waals surface area (Å²) < 4.78 is 0. The molecule has 0 bridgehead atoms. The number of benzene rings is 1. The second-order valence-electron chi connectivity index (χ2n) is 7.63. The second kappa shape index (κ2) is 11.6. The van der Waals surface area contributed by atoms with Gasteiger partial charge in [0.1, 0.15) is 5.60 Å². The molecule has 0 spiro atoms. The molecule has 28 heavy (non-hydrogen) atoms. The Hall–Kier alpha value is -1.37. The molecule has 2 rings (SSSR count). The van der Waals surface area contributed by atoms with E-state index in [2.05, 4.69) is 12.2 Å². The number of carbonyl (C=O) groups is 2. The molecule has 2 unspecified atom stereocenters. The maximum atomic E-state index is 12.7. The van der Waals surface area contributed by atoms with Gasteiger partial charge in [-0.25, -0.2) is 0 Å². The molecule has 2 atom stereocenters. The molecule has 1 aliphatic rings. The summed E-state index contributed by atoms with van der Waals surface area (Å²) in [5, 5.41) is 22.5. The summed E-state index contributed by atoms with van der Waals surface area (Å²) in [5.74, 6) is -0.686. The molecule has 1 aliphatic heterocycles. The van der Waals surface area contributed by atoms with Crippen LogP contribution in [-0.2, 0) is 9.59 Å². The lowest BCUT2D eigenvalue weighted by Gasteiger charge is -2.28. The van der Waals surface area contributed by atoms with Crippen LogP contribution in [0, 0.1) is 0 Å². The highest BCUT2D eigenvalue weighted by Crippen LogP contribution is 2.37. The Morgan fingerprint density at radius 2 is 1.75 bits per heavy atom. The number of hydrogen-bond acceptors (Lipinski definition) is 5. The summed E-state index contributed by atoms with van der Waals surface area (Å²) in [4.78, 5) is 25.9. The normalized spacial score (nSPS) is 18.2. The van der Waals surface area contributed by atoms with Crippen LogP contribution < -0.4 is 5.32 Å². The molecule has 1 aromatic carbocycles. The lowest BCUT2D eigenvalue weighted by molar-refractivity contribution is -0.143. The van der Waals surface area contributed by atoms with Crippen molar-refractivity contribution in [3.63, 3.8) is 0 Å². The van der Waals surface area contributed by atoms with E-state index in [0.29, 0.717) is 6.42 Å². The van der Waals surface area contributed by atoms with E-state index in [1.54, 1.807) is 0 Å². The lowest BCUT2D eigenvalue weighted by atomic mass is 9.89. The zero-order valence-corrected chi connectivity index (χ0v) is 17.6. The molecule has 0 saturated heterocycles. The van der Waals surface area contributed by atoms with E-state index in [9.17, 15) is 19.8 Å². The van der Waals surface area contributed by atoms with Crippen molar-refractivity contribution in [2.45, 2.75) is 86.9 Å². The zero-order valence-electron chi connectivity index (χ0n) is 16.8. The highest BCUT2D eigenvalue weighted by atomic mass is 32.2. The minimum atomic E-state index is -1.75. The molecule has 0 fully saturated rings. The summed E-state index contributed by atoms with van der Waals surface area (Å²) in [6.07, 6.45) is 9.04. The van der Waals surface area contributed by atoms with Gasteiger partial charge in [-0.15, -0.1) is 11.8 Å². The van der Waals surface area contributed by atoms with Crippen LogP contribution in [0.1, 0.15) is 71.1 Å². The summed E-state index contributed by atoms with van der Waals surface area (Å²) in [5.41, 5.74) is -1.00. The maximum Gasteiger partial charge on any atom is 0.238 e. The molecular weight excluding hydrogens is 374 g/mol. The van der Waals surface area contributed by atoms with Gasteiger partial charge in [-0.3, -0.25) is 9.59 Å². The first kappa shape index (κ1) is 22.9. The van der Waals surface area contributed by atoms with Gasteiger partial charge in [-0.05, 0) is 18.6 Å². The van der Waals surface area contributed by atoms with Gasteiger partial charge >= 0.3 is 0 Å². The van der Waals surface area contributed by atoms with Crippen LogP contribution in [0.15, 0.2) is 29.2 Å². The quantitative estimate of drug-likeness (QED) is 0.424. The summed E-state index contributed by atoms with van der Waals surface area (Å²) in [6, 6.07) is 7.45. The fourth-order valence-electron chi connectivity index (χ4n) is 3.44. The largest absolute Gasteiger partial charge is 0.393 e. The molecule has 0 radical (unpaired) electrons. The number of amides is 1. The Morgan fingerprint density at radius 3 is 2.43 bits per heavy atom. The van der Waals surface area contributed by atoms with Gasteiger partial charge in [0, 0.05) is 11.3 Å². The number of unbranched alkanes of at least 4 members (excludes halogenated alkanes) is 7. The Balaban J connectivity index is 1.79. The highest BCUT2D eigenvalue weighted by molar-refractivity contribution is 8.01. The van der Waals surface area contributed by atoms with Crippen molar-refractivity contribution in [1.82, 2.24) is 0 Å². The van der Waals surface area contributed by atoms with Crippen LogP contribution >= 0.6 is 11.8 Å². The van der Waals surface area contributed by atoms with Crippen LogP contribution in [0.25, 0.3) is 0 Å². The number of para-hydroxylation sites is 1. The fourth-order valence-corrected chi connectivity index (χ4v) is 4.55. The average Bonchev–Trinajstić information content (AvgIpc) is 2.70. The first-order chi connectivity index (χ1) is 13.5. The molecule has 5 nitrogen and oxygen atoms in total. The number of Topliss-reactive ketones (excluding diaryl/α,β-unsaturated/α-hetero) is 1. The third-order valence-corrected chi connectivity index (χ3v) is 6.58. The first-order valence-corrected chi connectivity index (χ1v) is 11.3. The smallest absolute Gasteiger partial charge is 0.238 e. The van der Waals surface area contributed by atoms with E-state index >= 15 is 0 Å². The molecule has 0 aromatic heterocycles. The number of fused-ring (bicyclic) bond motifs is 1. The minimum Gasteiger partial charge on any atom is -0.393 e. The van der Waals surface area contributed by atoms with Gasteiger partial charge in [0.2, 0.25) is 5.91 Å². The number of hydrogen-bond donors (Lipinski definition) is 3. The molecular formula is C22H33NO4S. The van der Waals surface area contributed by atoms with E-state index < -0.39 is 23.2 Å². The molecule has 0 aliphatic carbocycles. The van der Waals surface area contributed by atoms with Crippen molar-refractivity contribution < 1.29 is 19.8 Å². The number of ketones is 1. The lowest BCUT2D eigenvalue weighted by Crippen LogP contribution is -2.45. The molecule has 1 heterocycles. The molecule has 6 heteroatoms. The molecule has 1 aromatic rings. The maximum absolute atomic E-state index is 12.7. The molecule has 0 saturated carbocycles. The van der Waals surface area contributed by atoms with Crippen molar-refractivity contribution in [2.24, 2.45) is 0 Å². The van der Waals surface area contributed by atoms with Crippen LogP contribution in [0.3, 0.4) is 0 Å². The third-order valence-electron chi connectivity index (χ3n) is 5.30. The molecule has 3 N–H and O–H groups in total. The van der Waals surface area contributed by atoms with Crippen molar-refractivity contribution >= 4 is 29.1 Å². The first-order valence-electron chi connectivity index (χ1n) is 10.4. The number of thioether (sulfide) groups is 1. The van der Waals surface area contributed by atoms with Gasteiger partial charge in [-0.2, -0.15) is 0 Å². The average molecular weight is 408 g/mol. The summed E-state index contributed by atoms with van der Waals surface area (Å²) in [6.45, 7) is 1.60. The molecule has 156 valence electrons. The van der Waals surface area contributed by atoms with Crippen LogP contribution in [0.5, 0.6) is 0 Å². The number of anilines is 1. The van der Waals surface area contributed by atoms with Gasteiger partial charge in [-0.1, -0.05) is 70.4 Å². The van der Waals surface area contributed by atoms with Gasteiger partial charge < -0.3 is 15.5 Å². The Labute approximate surface area is 172 Å². The topological polar surface area (TPSA) is 86.6 Å². The number of carbonyl (C=O) groups excluding carboxylic acids is 2. The summed E-state index contributed by atoms with van der Waals surface area (Å²) in [7, 11) is 0. The van der Waals surface area contributed by atoms with E-state index in [1.807, 2.05) is 24.3 Å². The standard InChI is InChI=1S/C22H33NO4S/c1-2-3-4-5-6-7-8-11-14-22(27,16-24)20(25)15-19-21(26)23-17-12-9-10-13-18(17)28-19/h9-10,12-13,19,24,27H,2-8,11,14-16H2,1H3,(H,23,26). The van der Waals surface area contributed by atoms with Gasteiger partial charge in [0.05, 0.1) is 17.5 Å². The van der Waals surface area contributed by atoms with Gasteiger partial charge in [0.15, 0.2) is 5.78 Å². The van der Waals surface area contributed by atoms with E-state index in [0.717, 1.165) is 23.4 Å². The Bertz CT molecular complexity index is 651. The van der Waals surface area contributed by atoms with Crippen LogP contribution in [0.2, 0.25) is 0 Å². The second-order valence-corrected chi connectivity index (χ2v) is 8.88. The van der Waals surface area contributed by atoms with E-state index in [-0.39, 0.29) is 18.7 Å². The fraction of sp³-hybridized carbons (Fsp3) is 0.636. The summed E-state index contributed by atoms with van der Waals surface area (Å²) >= 11 is 1.34. The van der Waals surface area contributed by atoms with Crippen LogP contribution in [-0.4, -0.2) is 39.4 Å². The minimum absolute atomic E-state index is 0.0844.